The Morgan fingerprint density at radius 3 is 2.58 bits per heavy atom. The molecule has 0 atom stereocenters. The molecule has 24 heavy (non-hydrogen) atoms. The number of para-hydroxylation sites is 1. The molecule has 1 N–H and O–H groups in total. The van der Waals surface area contributed by atoms with E-state index >= 15 is 0 Å². The Bertz CT molecular complexity index is 746. The molecule has 0 aliphatic heterocycles. The van der Waals surface area contributed by atoms with E-state index in [1.54, 1.807) is 18.2 Å². The van der Waals surface area contributed by atoms with Crippen molar-refractivity contribution in [3.05, 3.63) is 58.1 Å². The van der Waals surface area contributed by atoms with Crippen molar-refractivity contribution in [1.82, 2.24) is 0 Å². The predicted octanol–water partition coefficient (Wildman–Crippen LogP) is 3.63. The summed E-state index contributed by atoms with van der Waals surface area (Å²) in [4.78, 5) is 23.5. The second-order valence-electron chi connectivity index (χ2n) is 5.25. The highest BCUT2D eigenvalue weighted by atomic mass is 79.9. The Morgan fingerprint density at radius 1 is 1.08 bits per heavy atom. The van der Waals surface area contributed by atoms with E-state index in [0.717, 1.165) is 15.6 Å². The number of ether oxygens (including phenoxy) is 2. The minimum Gasteiger partial charge on any atom is -0.482 e. The Morgan fingerprint density at radius 2 is 1.83 bits per heavy atom. The van der Waals surface area contributed by atoms with Crippen LogP contribution in [-0.4, -0.2) is 25.1 Å². The highest BCUT2D eigenvalue weighted by molar-refractivity contribution is 9.10. The molecule has 0 aromatic heterocycles. The van der Waals surface area contributed by atoms with Gasteiger partial charge in [-0.25, -0.2) is 4.79 Å². The second-order valence-corrected chi connectivity index (χ2v) is 6.10. The standard InChI is InChI=1S/C18H18BrNO4/c1-12-7-8-13(2)16(9-12)23-11-18(22)24-10-17(21)20-15-6-4-3-5-14(15)19/h3-9H,10-11H2,1-2H3,(H,20,21). The third-order valence-corrected chi connectivity index (χ3v) is 3.89. The summed E-state index contributed by atoms with van der Waals surface area (Å²) in [7, 11) is 0. The van der Waals surface area contributed by atoms with Gasteiger partial charge in [0.15, 0.2) is 13.2 Å². The first-order valence-electron chi connectivity index (χ1n) is 7.36. The Labute approximate surface area is 149 Å². The average Bonchev–Trinajstić information content (AvgIpc) is 2.56. The number of hydrogen-bond acceptors (Lipinski definition) is 4. The van der Waals surface area contributed by atoms with E-state index < -0.39 is 11.9 Å². The summed E-state index contributed by atoms with van der Waals surface area (Å²) in [5, 5.41) is 2.65. The smallest absolute Gasteiger partial charge is 0.344 e. The molecule has 0 aliphatic carbocycles. The third kappa shape index (κ3) is 5.38. The lowest BCUT2D eigenvalue weighted by Crippen LogP contribution is -2.23. The number of rotatable bonds is 6. The summed E-state index contributed by atoms with van der Waals surface area (Å²) in [5.74, 6) is -0.384. The molecule has 1 amide bonds. The summed E-state index contributed by atoms with van der Waals surface area (Å²) in [5.41, 5.74) is 2.59. The fourth-order valence-corrected chi connectivity index (χ4v) is 2.32. The molecule has 6 heteroatoms. The zero-order chi connectivity index (χ0) is 17.5. The quantitative estimate of drug-likeness (QED) is 0.763. The third-order valence-electron chi connectivity index (χ3n) is 3.20. The van der Waals surface area contributed by atoms with E-state index in [2.05, 4.69) is 21.2 Å². The number of hydrogen-bond donors (Lipinski definition) is 1. The molecular formula is C18H18BrNO4. The molecule has 0 heterocycles. The van der Waals surface area contributed by atoms with Crippen molar-refractivity contribution in [3.8, 4) is 5.75 Å². The summed E-state index contributed by atoms with van der Waals surface area (Å²) in [6.45, 7) is 3.23. The van der Waals surface area contributed by atoms with Crippen LogP contribution in [0, 0.1) is 13.8 Å². The molecule has 0 aliphatic rings. The lowest BCUT2D eigenvalue weighted by molar-refractivity contribution is -0.149. The van der Waals surface area contributed by atoms with Crippen LogP contribution in [0.1, 0.15) is 11.1 Å². The van der Waals surface area contributed by atoms with Crippen LogP contribution in [0.2, 0.25) is 0 Å². The maximum absolute atomic E-state index is 11.8. The van der Waals surface area contributed by atoms with Crippen molar-refractivity contribution in [2.75, 3.05) is 18.5 Å². The number of esters is 1. The van der Waals surface area contributed by atoms with Crippen LogP contribution in [0.15, 0.2) is 46.9 Å². The number of aryl methyl sites for hydroxylation is 2. The number of amides is 1. The van der Waals surface area contributed by atoms with Gasteiger partial charge in [0.05, 0.1) is 5.69 Å². The Balaban J connectivity index is 1.77. The van der Waals surface area contributed by atoms with Crippen LogP contribution in [0.5, 0.6) is 5.75 Å². The minimum atomic E-state index is -0.599. The molecule has 0 unspecified atom stereocenters. The van der Waals surface area contributed by atoms with E-state index in [0.29, 0.717) is 11.4 Å². The summed E-state index contributed by atoms with van der Waals surface area (Å²) in [6, 6.07) is 12.9. The van der Waals surface area contributed by atoms with E-state index in [9.17, 15) is 9.59 Å². The van der Waals surface area contributed by atoms with Gasteiger partial charge in [0, 0.05) is 4.47 Å². The highest BCUT2D eigenvalue weighted by Gasteiger charge is 2.10. The number of halogens is 1. The number of nitrogens with one attached hydrogen (secondary N) is 1. The van der Waals surface area contributed by atoms with Crippen LogP contribution in [-0.2, 0) is 14.3 Å². The normalized spacial score (nSPS) is 10.1. The molecule has 126 valence electrons. The van der Waals surface area contributed by atoms with Gasteiger partial charge in [-0.05, 0) is 59.1 Å². The number of carbonyl (C=O) groups excluding carboxylic acids is 2. The molecule has 0 radical (unpaired) electrons. The Hall–Kier alpha value is -2.34. The van der Waals surface area contributed by atoms with Gasteiger partial charge in [-0.3, -0.25) is 4.79 Å². The van der Waals surface area contributed by atoms with Gasteiger partial charge in [0.2, 0.25) is 0 Å². The van der Waals surface area contributed by atoms with Crippen molar-refractivity contribution in [2.24, 2.45) is 0 Å². The van der Waals surface area contributed by atoms with Crippen molar-refractivity contribution in [1.29, 1.82) is 0 Å². The van der Waals surface area contributed by atoms with Crippen LogP contribution in [0.4, 0.5) is 5.69 Å². The molecule has 0 fully saturated rings. The monoisotopic (exact) mass is 391 g/mol. The average molecular weight is 392 g/mol. The van der Waals surface area contributed by atoms with Crippen LogP contribution in [0.3, 0.4) is 0 Å². The predicted molar refractivity (Wildman–Crippen MR) is 95.1 cm³/mol. The van der Waals surface area contributed by atoms with Gasteiger partial charge >= 0.3 is 5.97 Å². The fraction of sp³-hybridized carbons (Fsp3) is 0.222. The maximum Gasteiger partial charge on any atom is 0.344 e. The van der Waals surface area contributed by atoms with E-state index in [-0.39, 0.29) is 13.2 Å². The van der Waals surface area contributed by atoms with E-state index in [1.807, 2.05) is 38.1 Å². The first-order valence-corrected chi connectivity index (χ1v) is 8.15. The van der Waals surface area contributed by atoms with Gasteiger partial charge in [-0.15, -0.1) is 0 Å². The molecule has 0 bridgehead atoms. The summed E-state index contributed by atoms with van der Waals surface area (Å²) >= 11 is 3.33. The first kappa shape index (κ1) is 18.0. The molecule has 2 aromatic rings. The summed E-state index contributed by atoms with van der Waals surface area (Å²) in [6.07, 6.45) is 0. The van der Waals surface area contributed by atoms with Gasteiger partial charge in [-0.2, -0.15) is 0 Å². The van der Waals surface area contributed by atoms with Crippen molar-refractivity contribution in [2.45, 2.75) is 13.8 Å². The van der Waals surface area contributed by atoms with Gasteiger partial charge in [0.25, 0.3) is 5.91 Å². The second kappa shape index (κ2) is 8.49. The zero-order valence-electron chi connectivity index (χ0n) is 13.5. The fourth-order valence-electron chi connectivity index (χ4n) is 1.94. The SMILES string of the molecule is Cc1ccc(C)c(OCC(=O)OCC(=O)Nc2ccccc2Br)c1. The van der Waals surface area contributed by atoms with Crippen molar-refractivity contribution >= 4 is 33.5 Å². The Kier molecular flexibility index (Phi) is 6.37. The maximum atomic E-state index is 11.8. The van der Waals surface area contributed by atoms with Crippen LogP contribution < -0.4 is 10.1 Å². The molecule has 2 rings (SSSR count). The molecular weight excluding hydrogens is 374 g/mol. The molecule has 0 saturated heterocycles. The number of anilines is 1. The minimum absolute atomic E-state index is 0.243. The van der Waals surface area contributed by atoms with Crippen LogP contribution >= 0.6 is 15.9 Å². The van der Waals surface area contributed by atoms with E-state index in [1.165, 1.54) is 0 Å². The topological polar surface area (TPSA) is 64.6 Å². The van der Waals surface area contributed by atoms with E-state index in [4.69, 9.17) is 9.47 Å². The van der Waals surface area contributed by atoms with Gasteiger partial charge in [-0.1, -0.05) is 24.3 Å². The zero-order valence-corrected chi connectivity index (χ0v) is 15.1. The van der Waals surface area contributed by atoms with Gasteiger partial charge < -0.3 is 14.8 Å². The van der Waals surface area contributed by atoms with Crippen LogP contribution in [0.25, 0.3) is 0 Å². The van der Waals surface area contributed by atoms with Crippen molar-refractivity contribution in [3.63, 3.8) is 0 Å². The lowest BCUT2D eigenvalue weighted by atomic mass is 10.1. The molecule has 0 spiro atoms. The largest absolute Gasteiger partial charge is 0.482 e. The molecule has 5 nitrogen and oxygen atoms in total. The summed E-state index contributed by atoms with van der Waals surface area (Å²) < 4.78 is 11.1. The van der Waals surface area contributed by atoms with Crippen molar-refractivity contribution < 1.29 is 19.1 Å². The molecule has 0 saturated carbocycles. The molecule has 2 aromatic carbocycles. The van der Waals surface area contributed by atoms with Gasteiger partial charge in [0.1, 0.15) is 5.75 Å². The highest BCUT2D eigenvalue weighted by Crippen LogP contribution is 2.21. The lowest BCUT2D eigenvalue weighted by Gasteiger charge is -2.10. The number of benzene rings is 2. The first-order chi connectivity index (χ1) is 11.5. The number of carbonyl (C=O) groups is 2.